The van der Waals surface area contributed by atoms with Crippen LogP contribution in [0.4, 0.5) is 10.2 Å². The summed E-state index contributed by atoms with van der Waals surface area (Å²) in [6, 6.07) is 5.87. The van der Waals surface area contributed by atoms with Crippen LogP contribution in [0, 0.1) is 0 Å². The van der Waals surface area contributed by atoms with E-state index in [-0.39, 0.29) is 11.6 Å². The van der Waals surface area contributed by atoms with Gasteiger partial charge in [-0.3, -0.25) is 0 Å². The fraction of sp³-hybridized carbons (Fsp3) is 0.100. The van der Waals surface area contributed by atoms with Crippen molar-refractivity contribution in [2.24, 2.45) is 0 Å². The van der Waals surface area contributed by atoms with Crippen LogP contribution in [0.5, 0.6) is 5.75 Å². The zero-order valence-electron chi connectivity index (χ0n) is 7.77. The van der Waals surface area contributed by atoms with E-state index < -0.39 is 6.67 Å². The van der Waals surface area contributed by atoms with Crippen molar-refractivity contribution in [3.8, 4) is 17.1 Å². The van der Waals surface area contributed by atoms with Crippen molar-refractivity contribution in [3.63, 3.8) is 0 Å². The van der Waals surface area contributed by atoms with Crippen LogP contribution in [0.3, 0.4) is 0 Å². The summed E-state index contributed by atoms with van der Waals surface area (Å²) in [6.07, 6.45) is 0. The minimum atomic E-state index is -0.600. The van der Waals surface area contributed by atoms with Gasteiger partial charge in [0.05, 0.1) is 5.56 Å². The molecule has 0 aliphatic rings. The van der Waals surface area contributed by atoms with Crippen molar-refractivity contribution < 1.29 is 14.0 Å². The molecule has 3 N–H and O–H groups in total. The maximum absolute atomic E-state index is 12.4. The number of hydrogen-bond acceptors (Lipinski definition) is 4. The van der Waals surface area contributed by atoms with Gasteiger partial charge in [-0.2, -0.15) is 0 Å². The summed E-state index contributed by atoms with van der Waals surface area (Å²) < 4.78 is 17.3. The quantitative estimate of drug-likeness (QED) is 0.792. The van der Waals surface area contributed by atoms with Crippen LogP contribution >= 0.6 is 0 Å². The van der Waals surface area contributed by atoms with Gasteiger partial charge in [0.1, 0.15) is 12.4 Å². The third-order valence-electron chi connectivity index (χ3n) is 2.01. The second kappa shape index (κ2) is 3.61. The predicted octanol–water partition coefficient (Wildman–Crippen LogP) is 2.10. The molecule has 78 valence electrons. The number of phenolic OH excluding ortho intramolecular Hbond substituents is 1. The molecule has 15 heavy (non-hydrogen) atoms. The van der Waals surface area contributed by atoms with E-state index in [0.717, 1.165) is 0 Å². The van der Waals surface area contributed by atoms with Gasteiger partial charge in [0.25, 0.3) is 0 Å². The first-order chi connectivity index (χ1) is 7.20. The number of alkyl halides is 1. The van der Waals surface area contributed by atoms with Crippen molar-refractivity contribution in [3.05, 3.63) is 29.8 Å². The van der Waals surface area contributed by atoms with Crippen LogP contribution in [0.15, 0.2) is 28.8 Å². The molecule has 0 spiro atoms. The van der Waals surface area contributed by atoms with Crippen LogP contribution in [-0.2, 0) is 6.67 Å². The predicted molar refractivity (Wildman–Crippen MR) is 52.8 cm³/mol. The van der Waals surface area contributed by atoms with Gasteiger partial charge in [-0.05, 0) is 17.7 Å². The SMILES string of the molecule is Nc1cc(-c2cc(CF)ccc2O)on1. The average molecular weight is 208 g/mol. The molecule has 0 unspecified atom stereocenters. The molecule has 1 aromatic heterocycles. The number of nitrogens with two attached hydrogens (primary N) is 1. The molecule has 2 aromatic rings. The Balaban J connectivity index is 2.51. The number of nitrogen functional groups attached to an aromatic ring is 1. The highest BCUT2D eigenvalue weighted by Crippen LogP contribution is 2.31. The highest BCUT2D eigenvalue weighted by Gasteiger charge is 2.10. The van der Waals surface area contributed by atoms with Gasteiger partial charge in [0.2, 0.25) is 0 Å². The van der Waals surface area contributed by atoms with E-state index in [2.05, 4.69) is 5.16 Å². The third-order valence-corrected chi connectivity index (χ3v) is 2.01. The van der Waals surface area contributed by atoms with Gasteiger partial charge in [0, 0.05) is 6.07 Å². The monoisotopic (exact) mass is 208 g/mol. The van der Waals surface area contributed by atoms with Crippen molar-refractivity contribution in [1.82, 2.24) is 5.16 Å². The van der Waals surface area contributed by atoms with E-state index in [1.165, 1.54) is 24.3 Å². The lowest BCUT2D eigenvalue weighted by Crippen LogP contribution is -1.82. The van der Waals surface area contributed by atoms with E-state index >= 15 is 0 Å². The molecule has 0 radical (unpaired) electrons. The number of hydrogen-bond donors (Lipinski definition) is 2. The lowest BCUT2D eigenvalue weighted by atomic mass is 10.1. The van der Waals surface area contributed by atoms with E-state index in [0.29, 0.717) is 16.9 Å². The molecule has 2 rings (SSSR count). The fourth-order valence-corrected chi connectivity index (χ4v) is 1.28. The minimum Gasteiger partial charge on any atom is -0.507 e. The van der Waals surface area contributed by atoms with E-state index in [1.54, 1.807) is 0 Å². The highest BCUT2D eigenvalue weighted by molar-refractivity contribution is 5.67. The molecule has 0 aliphatic carbocycles. The van der Waals surface area contributed by atoms with Crippen LogP contribution in [0.25, 0.3) is 11.3 Å². The van der Waals surface area contributed by atoms with E-state index in [1.807, 2.05) is 0 Å². The molecule has 0 amide bonds. The highest BCUT2D eigenvalue weighted by atomic mass is 19.1. The maximum Gasteiger partial charge on any atom is 0.172 e. The largest absolute Gasteiger partial charge is 0.507 e. The van der Waals surface area contributed by atoms with Crippen molar-refractivity contribution in [2.45, 2.75) is 6.67 Å². The Kier molecular flexibility index (Phi) is 2.29. The summed E-state index contributed by atoms with van der Waals surface area (Å²) in [4.78, 5) is 0. The summed E-state index contributed by atoms with van der Waals surface area (Å²) in [6.45, 7) is -0.600. The molecule has 0 atom stereocenters. The van der Waals surface area contributed by atoms with Gasteiger partial charge in [-0.25, -0.2) is 4.39 Å². The Morgan fingerprint density at radius 1 is 1.40 bits per heavy atom. The van der Waals surface area contributed by atoms with Crippen LogP contribution < -0.4 is 5.73 Å². The molecular weight excluding hydrogens is 199 g/mol. The molecular formula is C10H9FN2O2. The second-order valence-electron chi connectivity index (χ2n) is 3.10. The molecule has 1 aromatic carbocycles. The number of anilines is 1. The average Bonchev–Trinajstić information content (AvgIpc) is 2.65. The number of nitrogens with zero attached hydrogens (tertiary/aromatic N) is 1. The summed E-state index contributed by atoms with van der Waals surface area (Å²) in [7, 11) is 0. The third kappa shape index (κ3) is 1.76. The number of aromatic nitrogens is 1. The lowest BCUT2D eigenvalue weighted by molar-refractivity contribution is 0.428. The van der Waals surface area contributed by atoms with Crippen molar-refractivity contribution in [2.75, 3.05) is 5.73 Å². The van der Waals surface area contributed by atoms with Crippen molar-refractivity contribution in [1.29, 1.82) is 0 Å². The first kappa shape index (κ1) is 9.51. The first-order valence-electron chi connectivity index (χ1n) is 4.31. The number of aromatic hydroxyl groups is 1. The first-order valence-corrected chi connectivity index (χ1v) is 4.31. The van der Waals surface area contributed by atoms with E-state index in [4.69, 9.17) is 10.3 Å². The summed E-state index contributed by atoms with van der Waals surface area (Å²) in [5.74, 6) is 0.540. The summed E-state index contributed by atoms with van der Waals surface area (Å²) in [5, 5.41) is 13.0. The van der Waals surface area contributed by atoms with Gasteiger partial charge in [-0.1, -0.05) is 11.2 Å². The molecule has 4 nitrogen and oxygen atoms in total. The Morgan fingerprint density at radius 2 is 2.20 bits per heavy atom. The molecule has 0 bridgehead atoms. The standard InChI is InChI=1S/C10H9FN2O2/c11-5-6-1-2-8(14)7(3-6)9-4-10(12)13-15-9/h1-4,14H,5H2,(H2,12,13). The van der Waals surface area contributed by atoms with Gasteiger partial charge < -0.3 is 15.4 Å². The molecule has 1 heterocycles. The number of rotatable bonds is 2. The number of halogens is 1. The Hall–Kier alpha value is -2.04. The molecule has 5 heteroatoms. The molecule has 0 saturated carbocycles. The normalized spacial score (nSPS) is 10.5. The maximum atomic E-state index is 12.4. The fourth-order valence-electron chi connectivity index (χ4n) is 1.28. The zero-order chi connectivity index (χ0) is 10.8. The molecule has 0 saturated heterocycles. The Morgan fingerprint density at radius 3 is 2.80 bits per heavy atom. The zero-order valence-corrected chi connectivity index (χ0v) is 7.77. The topological polar surface area (TPSA) is 72.3 Å². The smallest absolute Gasteiger partial charge is 0.172 e. The van der Waals surface area contributed by atoms with Gasteiger partial charge in [0.15, 0.2) is 11.6 Å². The van der Waals surface area contributed by atoms with Crippen LogP contribution in [0.1, 0.15) is 5.56 Å². The van der Waals surface area contributed by atoms with Crippen molar-refractivity contribution >= 4 is 5.82 Å². The molecule has 0 aliphatic heterocycles. The number of benzene rings is 1. The number of phenols is 1. The van der Waals surface area contributed by atoms with Gasteiger partial charge >= 0.3 is 0 Å². The van der Waals surface area contributed by atoms with E-state index in [9.17, 15) is 9.50 Å². The van der Waals surface area contributed by atoms with Gasteiger partial charge in [-0.15, -0.1) is 0 Å². The van der Waals surface area contributed by atoms with Crippen LogP contribution in [-0.4, -0.2) is 10.3 Å². The summed E-state index contributed by atoms with van der Waals surface area (Å²) >= 11 is 0. The van der Waals surface area contributed by atoms with Crippen LogP contribution in [0.2, 0.25) is 0 Å². The lowest BCUT2D eigenvalue weighted by Gasteiger charge is -2.01. The Labute approximate surface area is 85.1 Å². The minimum absolute atomic E-state index is 0.00310. The molecule has 0 fully saturated rings. The Bertz CT molecular complexity index is 482. The summed E-state index contributed by atoms with van der Waals surface area (Å²) in [5.41, 5.74) is 6.22. The second-order valence-corrected chi connectivity index (χ2v) is 3.10.